The number of carbonyl (C=O) groups is 1. The van der Waals surface area contributed by atoms with Crippen LogP contribution >= 0.6 is 11.3 Å². The summed E-state index contributed by atoms with van der Waals surface area (Å²) in [5.41, 5.74) is 3.44. The third-order valence-electron chi connectivity index (χ3n) is 6.26. The second kappa shape index (κ2) is 7.60. The highest BCUT2D eigenvalue weighted by molar-refractivity contribution is 7.13. The second-order valence-corrected chi connectivity index (χ2v) is 9.33. The van der Waals surface area contributed by atoms with Crippen LogP contribution in [-0.2, 0) is 17.6 Å². The minimum atomic E-state index is -0.289. The van der Waals surface area contributed by atoms with Gasteiger partial charge in [-0.1, -0.05) is 0 Å². The van der Waals surface area contributed by atoms with Gasteiger partial charge in [0.1, 0.15) is 11.9 Å². The maximum Gasteiger partial charge on any atom is 0.248 e. The van der Waals surface area contributed by atoms with Crippen molar-refractivity contribution in [1.82, 2.24) is 25.1 Å². The third-order valence-corrected chi connectivity index (χ3v) is 6.95. The summed E-state index contributed by atoms with van der Waals surface area (Å²) in [6.07, 6.45) is 8.85. The molecule has 0 bridgehead atoms. The zero-order valence-electron chi connectivity index (χ0n) is 17.1. The zero-order chi connectivity index (χ0) is 20.8. The van der Waals surface area contributed by atoms with Crippen LogP contribution < -0.4 is 15.5 Å². The molecule has 4 heterocycles. The predicted octanol–water partition coefficient (Wildman–Crippen LogP) is 3.37. The van der Waals surface area contributed by atoms with Gasteiger partial charge in [0.2, 0.25) is 11.9 Å². The molecule has 1 unspecified atom stereocenters. The number of nitrogens with one attached hydrogen (secondary N) is 3. The normalized spacial score (nSPS) is 20.1. The van der Waals surface area contributed by atoms with Gasteiger partial charge < -0.3 is 15.5 Å². The SMILES string of the molecule is O=C(Nc1nccs1)C1CCCN1c1nc2c(c(Nc3cc(C4CC4)[nH]n3)n1)CCC2. The molecule has 6 rings (SSSR count). The number of aromatic nitrogens is 5. The number of rotatable bonds is 6. The van der Waals surface area contributed by atoms with Gasteiger partial charge in [0.05, 0.1) is 5.69 Å². The lowest BCUT2D eigenvalue weighted by molar-refractivity contribution is -0.117. The molecule has 3 N–H and O–H groups in total. The molecule has 160 valence electrons. The number of H-pyrrole nitrogens is 1. The molecule has 10 heteroatoms. The lowest BCUT2D eigenvalue weighted by atomic mass is 10.2. The van der Waals surface area contributed by atoms with Crippen molar-refractivity contribution < 1.29 is 4.79 Å². The number of hydrogen-bond acceptors (Lipinski definition) is 8. The highest BCUT2D eigenvalue weighted by atomic mass is 32.1. The molecule has 0 radical (unpaired) electrons. The minimum Gasteiger partial charge on any atom is -0.329 e. The molecule has 9 nitrogen and oxygen atoms in total. The third kappa shape index (κ3) is 3.65. The van der Waals surface area contributed by atoms with Crippen LogP contribution in [0.4, 0.5) is 22.7 Å². The topological polar surface area (TPSA) is 112 Å². The fraction of sp³-hybridized carbons (Fsp3) is 0.476. The van der Waals surface area contributed by atoms with Crippen LogP contribution in [0.2, 0.25) is 0 Å². The molecule has 1 atom stereocenters. The van der Waals surface area contributed by atoms with Crippen LogP contribution in [0, 0.1) is 0 Å². The average Bonchev–Trinajstić information content (AvgIpc) is 3.27. The van der Waals surface area contributed by atoms with Crippen LogP contribution in [0.3, 0.4) is 0 Å². The van der Waals surface area contributed by atoms with Gasteiger partial charge >= 0.3 is 0 Å². The number of aryl methyl sites for hydroxylation is 1. The van der Waals surface area contributed by atoms with Crippen molar-refractivity contribution in [3.8, 4) is 0 Å². The molecule has 2 aliphatic carbocycles. The number of carbonyl (C=O) groups excluding carboxylic acids is 1. The highest BCUT2D eigenvalue weighted by Crippen LogP contribution is 2.40. The highest BCUT2D eigenvalue weighted by Gasteiger charge is 2.34. The Labute approximate surface area is 183 Å². The van der Waals surface area contributed by atoms with E-state index in [9.17, 15) is 4.79 Å². The lowest BCUT2D eigenvalue weighted by Crippen LogP contribution is -2.40. The lowest BCUT2D eigenvalue weighted by Gasteiger charge is -2.24. The van der Waals surface area contributed by atoms with Gasteiger partial charge in [-0.3, -0.25) is 9.89 Å². The summed E-state index contributed by atoms with van der Waals surface area (Å²) >= 11 is 1.42. The molecule has 2 fully saturated rings. The van der Waals surface area contributed by atoms with E-state index < -0.39 is 0 Å². The Morgan fingerprint density at radius 3 is 2.97 bits per heavy atom. The largest absolute Gasteiger partial charge is 0.329 e. The number of amides is 1. The maximum absolute atomic E-state index is 12.9. The summed E-state index contributed by atoms with van der Waals surface area (Å²) in [5, 5.41) is 16.4. The summed E-state index contributed by atoms with van der Waals surface area (Å²) < 4.78 is 0. The number of aromatic amines is 1. The van der Waals surface area contributed by atoms with E-state index in [4.69, 9.17) is 9.97 Å². The molecular formula is C21H24N8OS. The fourth-order valence-electron chi connectivity index (χ4n) is 4.53. The summed E-state index contributed by atoms with van der Waals surface area (Å²) in [6.45, 7) is 0.766. The van der Waals surface area contributed by atoms with Crippen LogP contribution in [0.15, 0.2) is 17.6 Å². The molecular weight excluding hydrogens is 412 g/mol. The predicted molar refractivity (Wildman–Crippen MR) is 119 cm³/mol. The first-order valence-corrected chi connectivity index (χ1v) is 11.8. The van der Waals surface area contributed by atoms with Gasteiger partial charge in [-0.15, -0.1) is 11.3 Å². The van der Waals surface area contributed by atoms with Gasteiger partial charge in [-0.25, -0.2) is 9.97 Å². The first-order valence-electron chi connectivity index (χ1n) is 10.9. The maximum atomic E-state index is 12.9. The van der Waals surface area contributed by atoms with Crippen molar-refractivity contribution in [2.75, 3.05) is 22.1 Å². The number of hydrogen-bond donors (Lipinski definition) is 3. The average molecular weight is 437 g/mol. The van der Waals surface area contributed by atoms with Crippen molar-refractivity contribution in [2.24, 2.45) is 0 Å². The van der Waals surface area contributed by atoms with Crippen molar-refractivity contribution >= 4 is 40.0 Å². The number of fused-ring (bicyclic) bond motifs is 1. The van der Waals surface area contributed by atoms with Gasteiger partial charge in [-0.05, 0) is 44.9 Å². The summed E-state index contributed by atoms with van der Waals surface area (Å²) in [5.74, 6) is 2.80. The van der Waals surface area contributed by atoms with E-state index in [1.807, 2.05) is 10.3 Å². The Bertz CT molecular complexity index is 1110. The quantitative estimate of drug-likeness (QED) is 0.543. The van der Waals surface area contributed by atoms with E-state index in [-0.39, 0.29) is 11.9 Å². The van der Waals surface area contributed by atoms with E-state index in [0.717, 1.165) is 56.0 Å². The van der Waals surface area contributed by atoms with Gasteiger partial charge in [0.25, 0.3) is 0 Å². The molecule has 1 saturated carbocycles. The Morgan fingerprint density at radius 1 is 1.19 bits per heavy atom. The number of anilines is 4. The molecule has 1 saturated heterocycles. The van der Waals surface area contributed by atoms with Crippen molar-refractivity contribution in [1.29, 1.82) is 0 Å². The summed E-state index contributed by atoms with van der Waals surface area (Å²) in [6, 6.07) is 1.80. The van der Waals surface area contributed by atoms with Crippen LogP contribution in [0.5, 0.6) is 0 Å². The van der Waals surface area contributed by atoms with Crippen LogP contribution in [0.1, 0.15) is 55.0 Å². The van der Waals surface area contributed by atoms with E-state index in [1.54, 1.807) is 6.20 Å². The van der Waals surface area contributed by atoms with Crippen LogP contribution in [0.25, 0.3) is 0 Å². The molecule has 0 spiro atoms. The Balaban J connectivity index is 1.27. The van der Waals surface area contributed by atoms with Crippen molar-refractivity contribution in [3.05, 3.63) is 34.6 Å². The van der Waals surface area contributed by atoms with Crippen LogP contribution in [-0.4, -0.2) is 43.6 Å². The van der Waals surface area contributed by atoms with Crippen molar-refractivity contribution in [2.45, 2.75) is 56.9 Å². The minimum absolute atomic E-state index is 0.0487. The standard InChI is InChI=1S/C21H24N8OS/c30-19(26-21-22-8-10-31-21)16-5-2-9-29(16)20-23-14-4-1-3-13(14)18(25-20)24-17-11-15(27-28-17)12-6-7-12/h8,10-12,16H,1-7,9H2,(H,22,26,30)(H2,23,24,25,27,28). The fourth-order valence-corrected chi connectivity index (χ4v) is 5.06. The summed E-state index contributed by atoms with van der Waals surface area (Å²) in [7, 11) is 0. The first-order chi connectivity index (χ1) is 15.2. The van der Waals surface area contributed by atoms with Gasteiger partial charge in [0.15, 0.2) is 10.9 Å². The Hall–Kier alpha value is -3.01. The second-order valence-electron chi connectivity index (χ2n) is 8.44. The molecule has 1 amide bonds. The molecule has 31 heavy (non-hydrogen) atoms. The molecule has 3 aromatic rings. The molecule has 3 aromatic heterocycles. The Kier molecular flexibility index (Phi) is 4.59. The number of thiazole rings is 1. The van der Waals surface area contributed by atoms with E-state index in [0.29, 0.717) is 17.0 Å². The monoisotopic (exact) mass is 436 g/mol. The van der Waals surface area contributed by atoms with Crippen molar-refractivity contribution in [3.63, 3.8) is 0 Å². The van der Waals surface area contributed by atoms with Gasteiger partial charge in [-0.2, -0.15) is 10.1 Å². The number of nitrogens with zero attached hydrogens (tertiary/aromatic N) is 5. The van der Waals surface area contributed by atoms with E-state index in [2.05, 4.69) is 31.9 Å². The first kappa shape index (κ1) is 18.7. The molecule has 1 aliphatic heterocycles. The summed E-state index contributed by atoms with van der Waals surface area (Å²) in [4.78, 5) is 28.9. The van der Waals surface area contributed by atoms with Gasteiger partial charge in [0, 0.05) is 41.4 Å². The van der Waals surface area contributed by atoms with E-state index >= 15 is 0 Å². The Morgan fingerprint density at radius 2 is 2.13 bits per heavy atom. The zero-order valence-corrected chi connectivity index (χ0v) is 17.9. The molecule has 0 aromatic carbocycles. The molecule has 3 aliphatic rings. The van der Waals surface area contributed by atoms with E-state index in [1.165, 1.54) is 35.4 Å². The smallest absolute Gasteiger partial charge is 0.248 e.